The number of fused-ring (bicyclic) bond motifs is 3. The van der Waals surface area contributed by atoms with Crippen LogP contribution >= 0.6 is 0 Å². The molecule has 1 heterocycles. The highest BCUT2D eigenvalue weighted by molar-refractivity contribution is 5.97. The number of hydrogen-bond donors (Lipinski definition) is 1. The average molecular weight is 215 g/mol. The fourth-order valence-corrected chi connectivity index (χ4v) is 3.32. The highest BCUT2D eigenvalue weighted by Gasteiger charge is 2.43. The van der Waals surface area contributed by atoms with Crippen LogP contribution in [-0.4, -0.2) is 11.4 Å². The van der Waals surface area contributed by atoms with Gasteiger partial charge in [-0.15, -0.1) is 0 Å². The largest absolute Gasteiger partial charge is 0.346 e. The van der Waals surface area contributed by atoms with E-state index in [0.29, 0.717) is 5.92 Å². The van der Waals surface area contributed by atoms with E-state index in [1.165, 1.54) is 24.8 Å². The van der Waals surface area contributed by atoms with Crippen molar-refractivity contribution < 1.29 is 4.79 Å². The van der Waals surface area contributed by atoms with Crippen molar-refractivity contribution in [1.29, 1.82) is 0 Å². The quantitative estimate of drug-likeness (QED) is 0.708. The lowest BCUT2D eigenvalue weighted by Gasteiger charge is -2.46. The molecule has 84 valence electrons. The minimum Gasteiger partial charge on any atom is -0.346 e. The Balaban J connectivity index is 2.13. The van der Waals surface area contributed by atoms with E-state index in [1.54, 1.807) is 0 Å². The lowest BCUT2D eigenvalue weighted by molar-refractivity contribution is 0.0829. The van der Waals surface area contributed by atoms with Gasteiger partial charge in [-0.1, -0.05) is 31.0 Å². The monoisotopic (exact) mass is 215 g/mol. The standard InChI is InChI=1S/C14H17NO/c1-14-9-5-4-8-12(14)10-6-2-3-7-11(10)13(16)15-14/h2-3,6-7,12H,4-5,8-9H2,1H3,(H,15,16). The molecule has 1 fully saturated rings. The minimum atomic E-state index is -0.0102. The van der Waals surface area contributed by atoms with Gasteiger partial charge in [-0.25, -0.2) is 0 Å². The molecule has 1 saturated carbocycles. The summed E-state index contributed by atoms with van der Waals surface area (Å²) in [6, 6.07) is 8.07. The number of rotatable bonds is 0. The van der Waals surface area contributed by atoms with Gasteiger partial charge in [0, 0.05) is 17.0 Å². The Morgan fingerprint density at radius 3 is 3.00 bits per heavy atom. The zero-order chi connectivity index (χ0) is 11.2. The van der Waals surface area contributed by atoms with Crippen molar-refractivity contribution in [1.82, 2.24) is 5.32 Å². The molecule has 0 bridgehead atoms. The molecule has 2 atom stereocenters. The molecule has 2 aliphatic rings. The number of benzene rings is 1. The first-order valence-corrected chi connectivity index (χ1v) is 6.12. The summed E-state index contributed by atoms with van der Waals surface area (Å²) < 4.78 is 0. The van der Waals surface area contributed by atoms with Crippen molar-refractivity contribution in [2.24, 2.45) is 0 Å². The molecule has 0 radical (unpaired) electrons. The summed E-state index contributed by atoms with van der Waals surface area (Å²) in [4.78, 5) is 12.0. The van der Waals surface area contributed by atoms with Crippen LogP contribution < -0.4 is 5.32 Å². The van der Waals surface area contributed by atoms with Crippen LogP contribution in [0.25, 0.3) is 0 Å². The van der Waals surface area contributed by atoms with E-state index >= 15 is 0 Å². The third-order valence-electron chi connectivity index (χ3n) is 4.19. The van der Waals surface area contributed by atoms with Crippen molar-refractivity contribution in [3.63, 3.8) is 0 Å². The maximum absolute atomic E-state index is 12.0. The van der Waals surface area contributed by atoms with E-state index in [0.717, 1.165) is 12.0 Å². The molecule has 0 aromatic heterocycles. The Labute approximate surface area is 96.1 Å². The molecule has 1 aromatic carbocycles. The highest BCUT2D eigenvalue weighted by Crippen LogP contribution is 2.44. The second-order valence-corrected chi connectivity index (χ2v) is 5.26. The van der Waals surface area contributed by atoms with Crippen LogP contribution in [-0.2, 0) is 0 Å². The number of nitrogens with one attached hydrogen (secondary N) is 1. The van der Waals surface area contributed by atoms with Crippen LogP contribution in [0.15, 0.2) is 24.3 Å². The molecule has 0 spiro atoms. The molecule has 16 heavy (non-hydrogen) atoms. The van der Waals surface area contributed by atoms with Crippen LogP contribution in [0.3, 0.4) is 0 Å². The molecule has 2 heteroatoms. The van der Waals surface area contributed by atoms with E-state index in [2.05, 4.69) is 18.3 Å². The van der Waals surface area contributed by atoms with Gasteiger partial charge < -0.3 is 5.32 Å². The number of carbonyl (C=O) groups excluding carboxylic acids is 1. The predicted octanol–water partition coefficient (Wildman–Crippen LogP) is 2.85. The molecule has 1 aliphatic heterocycles. The van der Waals surface area contributed by atoms with Gasteiger partial charge in [-0.05, 0) is 31.4 Å². The van der Waals surface area contributed by atoms with E-state index in [1.807, 2.05) is 18.2 Å². The SMILES string of the molecule is CC12CCCCC1c1ccccc1C(=O)N2. The van der Waals surface area contributed by atoms with Crippen molar-refractivity contribution in [2.75, 3.05) is 0 Å². The summed E-state index contributed by atoms with van der Waals surface area (Å²) in [6.07, 6.45) is 4.82. The molecule has 1 aromatic rings. The molecular formula is C14H17NO. The summed E-state index contributed by atoms with van der Waals surface area (Å²) in [5.74, 6) is 0.617. The Morgan fingerprint density at radius 2 is 2.12 bits per heavy atom. The Kier molecular flexibility index (Phi) is 2.06. The van der Waals surface area contributed by atoms with Crippen molar-refractivity contribution in [3.05, 3.63) is 35.4 Å². The fourth-order valence-electron chi connectivity index (χ4n) is 3.32. The summed E-state index contributed by atoms with van der Waals surface area (Å²) in [7, 11) is 0. The third-order valence-corrected chi connectivity index (χ3v) is 4.19. The first-order chi connectivity index (χ1) is 7.71. The molecule has 1 N–H and O–H groups in total. The zero-order valence-electron chi connectivity index (χ0n) is 9.62. The van der Waals surface area contributed by atoms with Gasteiger partial charge in [0.05, 0.1) is 0 Å². The summed E-state index contributed by atoms with van der Waals surface area (Å²) >= 11 is 0. The second-order valence-electron chi connectivity index (χ2n) is 5.26. The van der Waals surface area contributed by atoms with Crippen LogP contribution in [0, 0.1) is 0 Å². The molecule has 3 rings (SSSR count). The van der Waals surface area contributed by atoms with Gasteiger partial charge in [0.15, 0.2) is 0 Å². The Morgan fingerprint density at radius 1 is 1.31 bits per heavy atom. The Hall–Kier alpha value is -1.31. The molecule has 0 saturated heterocycles. The van der Waals surface area contributed by atoms with Crippen LogP contribution in [0.5, 0.6) is 0 Å². The van der Waals surface area contributed by atoms with Crippen LogP contribution in [0.1, 0.15) is 54.4 Å². The summed E-state index contributed by atoms with van der Waals surface area (Å²) in [5.41, 5.74) is 2.13. The van der Waals surface area contributed by atoms with E-state index in [4.69, 9.17) is 0 Å². The number of amides is 1. The molecular weight excluding hydrogens is 198 g/mol. The van der Waals surface area contributed by atoms with E-state index in [-0.39, 0.29) is 11.4 Å². The lowest BCUT2D eigenvalue weighted by Crippen LogP contribution is -2.55. The van der Waals surface area contributed by atoms with Crippen molar-refractivity contribution in [3.8, 4) is 0 Å². The van der Waals surface area contributed by atoms with Gasteiger partial charge in [-0.3, -0.25) is 4.79 Å². The minimum absolute atomic E-state index is 0.0102. The van der Waals surface area contributed by atoms with Crippen molar-refractivity contribution in [2.45, 2.75) is 44.1 Å². The fraction of sp³-hybridized carbons (Fsp3) is 0.500. The lowest BCUT2D eigenvalue weighted by atomic mass is 9.67. The van der Waals surface area contributed by atoms with Gasteiger partial charge in [-0.2, -0.15) is 0 Å². The summed E-state index contributed by atoms with van der Waals surface area (Å²) in [5, 5.41) is 3.21. The first-order valence-electron chi connectivity index (χ1n) is 6.12. The second kappa shape index (κ2) is 3.34. The zero-order valence-corrected chi connectivity index (χ0v) is 9.62. The van der Waals surface area contributed by atoms with Crippen molar-refractivity contribution >= 4 is 5.91 Å². The first kappa shape index (κ1) is 9.88. The van der Waals surface area contributed by atoms with E-state index in [9.17, 15) is 4.79 Å². The molecule has 2 nitrogen and oxygen atoms in total. The Bertz CT molecular complexity index is 440. The van der Waals surface area contributed by atoms with Crippen LogP contribution in [0.4, 0.5) is 0 Å². The molecule has 1 aliphatic carbocycles. The van der Waals surface area contributed by atoms with Gasteiger partial charge in [0.25, 0.3) is 5.91 Å². The predicted molar refractivity (Wildman–Crippen MR) is 63.5 cm³/mol. The molecule has 1 amide bonds. The maximum atomic E-state index is 12.0. The summed E-state index contributed by atoms with van der Waals surface area (Å²) in [6.45, 7) is 2.20. The maximum Gasteiger partial charge on any atom is 0.252 e. The third kappa shape index (κ3) is 1.29. The van der Waals surface area contributed by atoms with Crippen LogP contribution in [0.2, 0.25) is 0 Å². The average Bonchev–Trinajstić information content (AvgIpc) is 2.28. The van der Waals surface area contributed by atoms with Gasteiger partial charge >= 0.3 is 0 Å². The van der Waals surface area contributed by atoms with Gasteiger partial charge in [0.2, 0.25) is 0 Å². The topological polar surface area (TPSA) is 29.1 Å². The number of hydrogen-bond acceptors (Lipinski definition) is 1. The highest BCUT2D eigenvalue weighted by atomic mass is 16.1. The number of carbonyl (C=O) groups is 1. The normalized spacial score (nSPS) is 32.6. The smallest absolute Gasteiger partial charge is 0.252 e. The molecule has 2 unspecified atom stereocenters. The van der Waals surface area contributed by atoms with Gasteiger partial charge in [0.1, 0.15) is 0 Å². The van der Waals surface area contributed by atoms with E-state index < -0.39 is 0 Å².